The van der Waals surface area contributed by atoms with Crippen molar-refractivity contribution in [1.82, 2.24) is 9.88 Å². The van der Waals surface area contributed by atoms with Crippen molar-refractivity contribution in [2.45, 2.75) is 20.8 Å². The van der Waals surface area contributed by atoms with Crippen LogP contribution in [0.3, 0.4) is 0 Å². The van der Waals surface area contributed by atoms with Gasteiger partial charge in [0.05, 0.1) is 12.3 Å². The van der Waals surface area contributed by atoms with E-state index in [1.807, 2.05) is 69.3 Å². The van der Waals surface area contributed by atoms with E-state index < -0.39 is 11.8 Å². The lowest BCUT2D eigenvalue weighted by atomic mass is 10.1. The molecule has 6 nitrogen and oxygen atoms in total. The summed E-state index contributed by atoms with van der Waals surface area (Å²) >= 11 is 5.26. The number of hydrogen-bond donors (Lipinski definition) is 1. The predicted molar refractivity (Wildman–Crippen MR) is 129 cm³/mol. The molecule has 7 heteroatoms. The van der Waals surface area contributed by atoms with Crippen LogP contribution in [-0.4, -0.2) is 28.1 Å². The average molecular weight is 446 g/mol. The molecule has 1 aliphatic heterocycles. The molecule has 0 bridgehead atoms. The minimum absolute atomic E-state index is 0.0365. The van der Waals surface area contributed by atoms with E-state index >= 15 is 0 Å². The molecule has 2 aromatic carbocycles. The first-order chi connectivity index (χ1) is 15.4. The number of carbonyl (C=O) groups is 2. The Morgan fingerprint density at radius 3 is 2.34 bits per heavy atom. The number of rotatable bonds is 5. The standard InChI is InChI=1S/C25H23N3O3S/c1-4-31-21-12-10-20(11-13-21)27-16(2)14-18(17(27)3)15-22-23(29)26-25(32)28(24(22)30)19-8-6-5-7-9-19/h5-15H,4H2,1-3H3,(H,26,29,32)/b22-15+. The molecule has 32 heavy (non-hydrogen) atoms. The molecule has 1 saturated heterocycles. The van der Waals surface area contributed by atoms with Crippen LogP contribution in [-0.2, 0) is 9.59 Å². The number of anilines is 1. The highest BCUT2D eigenvalue weighted by Gasteiger charge is 2.34. The number of nitrogens with one attached hydrogen (secondary N) is 1. The van der Waals surface area contributed by atoms with Gasteiger partial charge < -0.3 is 9.30 Å². The molecule has 1 N–H and O–H groups in total. The molecule has 0 aliphatic carbocycles. The van der Waals surface area contributed by atoms with Crippen molar-refractivity contribution >= 4 is 40.9 Å². The fourth-order valence-corrected chi connectivity index (χ4v) is 4.09. The number of carbonyl (C=O) groups excluding carboxylic acids is 2. The smallest absolute Gasteiger partial charge is 0.270 e. The third-order valence-electron chi connectivity index (χ3n) is 5.29. The molecule has 1 aliphatic rings. The van der Waals surface area contributed by atoms with E-state index in [4.69, 9.17) is 17.0 Å². The van der Waals surface area contributed by atoms with Crippen molar-refractivity contribution in [1.29, 1.82) is 0 Å². The monoisotopic (exact) mass is 445 g/mol. The van der Waals surface area contributed by atoms with E-state index in [9.17, 15) is 9.59 Å². The fraction of sp³-hybridized carbons (Fsp3) is 0.160. The van der Waals surface area contributed by atoms with Gasteiger partial charge in [-0.25, -0.2) is 0 Å². The number of thiocarbonyl (C=S) groups is 1. The van der Waals surface area contributed by atoms with Crippen LogP contribution in [0, 0.1) is 13.8 Å². The van der Waals surface area contributed by atoms with Crippen LogP contribution < -0.4 is 15.0 Å². The molecule has 162 valence electrons. The van der Waals surface area contributed by atoms with Gasteiger partial charge >= 0.3 is 0 Å². The number of hydrogen-bond acceptors (Lipinski definition) is 4. The highest BCUT2D eigenvalue weighted by atomic mass is 32.1. The number of aryl methyl sites for hydroxylation is 1. The Kier molecular flexibility index (Phi) is 5.92. The first kappa shape index (κ1) is 21.5. The van der Waals surface area contributed by atoms with Gasteiger partial charge in [-0.3, -0.25) is 19.8 Å². The lowest BCUT2D eigenvalue weighted by molar-refractivity contribution is -0.122. The summed E-state index contributed by atoms with van der Waals surface area (Å²) in [5.74, 6) is -0.142. The fourth-order valence-electron chi connectivity index (χ4n) is 3.81. The summed E-state index contributed by atoms with van der Waals surface area (Å²) in [7, 11) is 0. The SMILES string of the molecule is CCOc1ccc(-n2c(C)cc(/C=C3\C(=O)NC(=S)N(c4ccccc4)C3=O)c2C)cc1. The molecule has 0 spiro atoms. The first-order valence-corrected chi connectivity index (χ1v) is 10.7. The van der Waals surface area contributed by atoms with Crippen molar-refractivity contribution in [3.63, 3.8) is 0 Å². The number of ether oxygens (including phenoxy) is 1. The summed E-state index contributed by atoms with van der Waals surface area (Å²) in [5, 5.41) is 2.70. The lowest BCUT2D eigenvalue weighted by Gasteiger charge is -2.28. The molecule has 0 saturated carbocycles. The summed E-state index contributed by atoms with van der Waals surface area (Å²) in [4.78, 5) is 27.2. The Balaban J connectivity index is 1.71. The predicted octanol–water partition coefficient (Wildman–Crippen LogP) is 4.32. The number of aromatic nitrogens is 1. The lowest BCUT2D eigenvalue weighted by Crippen LogP contribution is -2.54. The number of para-hydroxylation sites is 1. The van der Waals surface area contributed by atoms with E-state index in [0.29, 0.717) is 12.3 Å². The Labute approximate surface area is 192 Å². The topological polar surface area (TPSA) is 63.6 Å². The largest absolute Gasteiger partial charge is 0.494 e. The molecule has 0 atom stereocenters. The normalized spacial score (nSPS) is 15.3. The van der Waals surface area contributed by atoms with Crippen molar-refractivity contribution in [2.75, 3.05) is 11.5 Å². The van der Waals surface area contributed by atoms with Crippen LogP contribution >= 0.6 is 12.2 Å². The number of benzene rings is 2. The zero-order chi connectivity index (χ0) is 22.8. The van der Waals surface area contributed by atoms with Crippen molar-refractivity contribution in [3.8, 4) is 11.4 Å². The Morgan fingerprint density at radius 2 is 1.69 bits per heavy atom. The van der Waals surface area contributed by atoms with Gasteiger partial charge in [-0.15, -0.1) is 0 Å². The Hall–Kier alpha value is -3.71. The van der Waals surface area contributed by atoms with Gasteiger partial charge in [0.1, 0.15) is 11.3 Å². The van der Waals surface area contributed by atoms with E-state index in [-0.39, 0.29) is 10.7 Å². The second-order valence-electron chi connectivity index (χ2n) is 7.38. The van der Waals surface area contributed by atoms with Crippen LogP contribution in [0.2, 0.25) is 0 Å². The summed E-state index contributed by atoms with van der Waals surface area (Å²) in [5.41, 5.74) is 4.30. The minimum atomic E-state index is -0.502. The number of nitrogens with zero attached hydrogens (tertiary/aromatic N) is 2. The maximum atomic E-state index is 13.2. The van der Waals surface area contributed by atoms with Crippen LogP contribution in [0.5, 0.6) is 5.75 Å². The second kappa shape index (κ2) is 8.80. The molecular weight excluding hydrogens is 422 g/mol. The molecule has 1 aromatic heterocycles. The molecule has 1 fully saturated rings. The maximum absolute atomic E-state index is 13.2. The van der Waals surface area contributed by atoms with Gasteiger partial charge in [-0.05, 0) is 87.1 Å². The van der Waals surface area contributed by atoms with E-state index in [1.54, 1.807) is 18.2 Å². The molecule has 3 aromatic rings. The second-order valence-corrected chi connectivity index (χ2v) is 7.77. The average Bonchev–Trinajstić information content (AvgIpc) is 3.05. The molecule has 2 heterocycles. The number of amides is 2. The molecular formula is C25H23N3O3S. The maximum Gasteiger partial charge on any atom is 0.270 e. The highest BCUT2D eigenvalue weighted by molar-refractivity contribution is 7.80. The van der Waals surface area contributed by atoms with Crippen molar-refractivity contribution in [2.24, 2.45) is 0 Å². The first-order valence-electron chi connectivity index (χ1n) is 10.3. The van der Waals surface area contributed by atoms with Crippen LogP contribution in [0.15, 0.2) is 66.2 Å². The quantitative estimate of drug-likeness (QED) is 0.361. The van der Waals surface area contributed by atoms with Gasteiger partial charge in [-0.1, -0.05) is 18.2 Å². The van der Waals surface area contributed by atoms with Crippen molar-refractivity contribution < 1.29 is 14.3 Å². The molecule has 2 amide bonds. The van der Waals surface area contributed by atoms with Crippen LogP contribution in [0.25, 0.3) is 11.8 Å². The molecule has 0 unspecified atom stereocenters. The Bertz CT molecular complexity index is 1230. The highest BCUT2D eigenvalue weighted by Crippen LogP contribution is 2.26. The van der Waals surface area contributed by atoms with E-state index in [0.717, 1.165) is 28.4 Å². The summed E-state index contributed by atoms with van der Waals surface area (Å²) in [6.07, 6.45) is 1.63. The molecule has 0 radical (unpaired) electrons. The third kappa shape index (κ3) is 3.94. The summed E-state index contributed by atoms with van der Waals surface area (Å²) in [6.45, 7) is 6.50. The van der Waals surface area contributed by atoms with Crippen LogP contribution in [0.1, 0.15) is 23.9 Å². The van der Waals surface area contributed by atoms with Gasteiger partial charge in [0.15, 0.2) is 5.11 Å². The Morgan fingerprint density at radius 1 is 1.00 bits per heavy atom. The minimum Gasteiger partial charge on any atom is -0.494 e. The van der Waals surface area contributed by atoms with Crippen LogP contribution in [0.4, 0.5) is 5.69 Å². The zero-order valence-corrected chi connectivity index (χ0v) is 18.9. The van der Waals surface area contributed by atoms with Gasteiger partial charge in [0.25, 0.3) is 11.8 Å². The van der Waals surface area contributed by atoms with Crippen molar-refractivity contribution in [3.05, 3.63) is 83.2 Å². The van der Waals surface area contributed by atoms with E-state index in [2.05, 4.69) is 9.88 Å². The van der Waals surface area contributed by atoms with Gasteiger partial charge in [0.2, 0.25) is 0 Å². The summed E-state index contributed by atoms with van der Waals surface area (Å²) in [6, 6.07) is 18.8. The third-order valence-corrected chi connectivity index (χ3v) is 5.58. The van der Waals surface area contributed by atoms with E-state index in [1.165, 1.54) is 4.90 Å². The van der Waals surface area contributed by atoms with Gasteiger partial charge in [0, 0.05) is 17.1 Å². The summed E-state index contributed by atoms with van der Waals surface area (Å²) < 4.78 is 7.60. The molecule has 4 rings (SSSR count). The zero-order valence-electron chi connectivity index (χ0n) is 18.1. The van der Waals surface area contributed by atoms with Gasteiger partial charge in [-0.2, -0.15) is 0 Å².